The minimum Gasteiger partial charge on any atom is -0.412 e. The highest BCUT2D eigenvalue weighted by Crippen LogP contribution is 2.22. The quantitative estimate of drug-likeness (QED) is 0.471. The molecule has 0 saturated carbocycles. The van der Waals surface area contributed by atoms with E-state index < -0.39 is 17.2 Å². The largest absolute Gasteiger partial charge is 0.412 e. The number of hydrogen-bond donors (Lipinski definition) is 1. The van der Waals surface area contributed by atoms with Gasteiger partial charge in [0.25, 0.3) is 0 Å². The highest BCUT2D eigenvalue weighted by molar-refractivity contribution is 7.80. The normalized spacial score (nSPS) is 20.1. The van der Waals surface area contributed by atoms with Gasteiger partial charge in [0, 0.05) is 5.41 Å². The number of ether oxygens (including phenoxy) is 1. The fourth-order valence-corrected chi connectivity index (χ4v) is 1.81. The number of esters is 1. The summed E-state index contributed by atoms with van der Waals surface area (Å²) in [6.07, 6.45) is 2.46. The molecule has 1 heterocycles. The molecule has 1 saturated heterocycles. The third-order valence-electron chi connectivity index (χ3n) is 3.22. The molecule has 0 bridgehead atoms. The van der Waals surface area contributed by atoms with Crippen LogP contribution in [0.2, 0.25) is 0 Å². The van der Waals surface area contributed by atoms with Crippen molar-refractivity contribution >= 4 is 29.0 Å². The SMILES string of the molecule is CCC(C)(C)C(=O)C(=O)OC(=S)C1CCCN1. The summed E-state index contributed by atoms with van der Waals surface area (Å²) in [5, 5.41) is 3.31. The maximum atomic E-state index is 11.8. The number of thiocarbonyl (C=S) groups is 1. The first-order valence-corrected chi connectivity index (χ1v) is 6.33. The highest BCUT2D eigenvalue weighted by atomic mass is 32.1. The molecule has 1 atom stereocenters. The van der Waals surface area contributed by atoms with Crippen LogP contribution in [0.5, 0.6) is 0 Å². The molecule has 0 aromatic rings. The number of hydrogen-bond acceptors (Lipinski definition) is 5. The van der Waals surface area contributed by atoms with Crippen LogP contribution in [-0.4, -0.2) is 29.4 Å². The van der Waals surface area contributed by atoms with Gasteiger partial charge in [0.1, 0.15) is 0 Å². The second kappa shape index (κ2) is 5.69. The summed E-state index contributed by atoms with van der Waals surface area (Å²) < 4.78 is 4.96. The van der Waals surface area contributed by atoms with Crippen LogP contribution in [0.4, 0.5) is 0 Å². The molecule has 5 heteroatoms. The fourth-order valence-electron chi connectivity index (χ4n) is 1.53. The molecule has 1 aliphatic rings. The van der Waals surface area contributed by atoms with Crippen molar-refractivity contribution in [2.75, 3.05) is 6.54 Å². The van der Waals surface area contributed by atoms with Crippen LogP contribution >= 0.6 is 12.2 Å². The number of carbonyl (C=O) groups is 2. The van der Waals surface area contributed by atoms with Gasteiger partial charge in [-0.1, -0.05) is 20.8 Å². The van der Waals surface area contributed by atoms with Gasteiger partial charge in [-0.2, -0.15) is 0 Å². The average molecular weight is 257 g/mol. The number of nitrogens with one attached hydrogen (secondary N) is 1. The summed E-state index contributed by atoms with van der Waals surface area (Å²) in [4.78, 5) is 23.4. The maximum Gasteiger partial charge on any atom is 0.381 e. The van der Waals surface area contributed by atoms with Gasteiger partial charge < -0.3 is 10.1 Å². The van der Waals surface area contributed by atoms with Gasteiger partial charge in [-0.05, 0) is 38.0 Å². The summed E-state index contributed by atoms with van der Waals surface area (Å²) in [5.41, 5.74) is -0.685. The van der Waals surface area contributed by atoms with Crippen LogP contribution in [0.25, 0.3) is 0 Å². The van der Waals surface area contributed by atoms with Gasteiger partial charge in [-0.25, -0.2) is 4.79 Å². The molecular weight excluding hydrogens is 238 g/mol. The molecule has 0 amide bonds. The summed E-state index contributed by atoms with van der Waals surface area (Å²) in [7, 11) is 0. The van der Waals surface area contributed by atoms with E-state index in [1.807, 2.05) is 6.92 Å². The molecule has 1 aliphatic heterocycles. The molecule has 0 spiro atoms. The first-order valence-electron chi connectivity index (χ1n) is 5.92. The van der Waals surface area contributed by atoms with E-state index in [0.717, 1.165) is 19.4 Å². The molecule has 1 fully saturated rings. The van der Waals surface area contributed by atoms with Gasteiger partial charge in [0.05, 0.1) is 6.04 Å². The zero-order valence-corrected chi connectivity index (χ0v) is 11.4. The Bertz CT molecular complexity index is 333. The summed E-state index contributed by atoms with van der Waals surface area (Å²) in [6.45, 7) is 6.19. The monoisotopic (exact) mass is 257 g/mol. The third-order valence-corrected chi connectivity index (χ3v) is 3.59. The van der Waals surface area contributed by atoms with Crippen molar-refractivity contribution in [2.45, 2.75) is 46.1 Å². The Kier molecular flexibility index (Phi) is 4.77. The number of Topliss-reactive ketones (excluding diaryl/α,β-unsaturated/α-hetero) is 1. The number of carbonyl (C=O) groups excluding carboxylic acids is 2. The average Bonchev–Trinajstić information content (AvgIpc) is 2.81. The van der Waals surface area contributed by atoms with Crippen molar-refractivity contribution < 1.29 is 14.3 Å². The molecular formula is C12H19NO3S. The van der Waals surface area contributed by atoms with E-state index in [4.69, 9.17) is 17.0 Å². The van der Waals surface area contributed by atoms with Crippen LogP contribution in [-0.2, 0) is 14.3 Å². The summed E-state index contributed by atoms with van der Waals surface area (Å²) in [6, 6.07) is -0.0773. The lowest BCUT2D eigenvalue weighted by Gasteiger charge is -2.20. The predicted molar refractivity (Wildman–Crippen MR) is 68.8 cm³/mol. The Labute approximate surface area is 107 Å². The molecule has 0 aromatic carbocycles. The molecule has 4 nitrogen and oxygen atoms in total. The molecule has 17 heavy (non-hydrogen) atoms. The van der Waals surface area contributed by atoms with Crippen LogP contribution in [0.3, 0.4) is 0 Å². The zero-order valence-electron chi connectivity index (χ0n) is 10.5. The summed E-state index contributed by atoms with van der Waals surface area (Å²) >= 11 is 5.01. The second-order valence-electron chi connectivity index (χ2n) is 4.92. The third kappa shape index (κ3) is 3.57. The van der Waals surface area contributed by atoms with Crippen LogP contribution in [0.15, 0.2) is 0 Å². The molecule has 1 N–H and O–H groups in total. The minimum atomic E-state index is -0.837. The topological polar surface area (TPSA) is 55.4 Å². The Balaban J connectivity index is 2.54. The predicted octanol–water partition coefficient (Wildman–Crippen LogP) is 1.61. The van der Waals surface area contributed by atoms with E-state index in [1.165, 1.54) is 0 Å². The molecule has 96 valence electrons. The van der Waals surface area contributed by atoms with E-state index in [0.29, 0.717) is 6.42 Å². The lowest BCUT2D eigenvalue weighted by Crippen LogP contribution is -2.38. The van der Waals surface area contributed by atoms with E-state index in [-0.39, 0.29) is 11.1 Å². The van der Waals surface area contributed by atoms with Crippen LogP contribution < -0.4 is 5.32 Å². The van der Waals surface area contributed by atoms with Crippen LogP contribution in [0.1, 0.15) is 40.0 Å². The molecule has 0 radical (unpaired) electrons. The minimum absolute atomic E-state index is 0.0773. The van der Waals surface area contributed by atoms with Gasteiger partial charge >= 0.3 is 5.97 Å². The van der Waals surface area contributed by atoms with E-state index >= 15 is 0 Å². The van der Waals surface area contributed by atoms with E-state index in [9.17, 15) is 9.59 Å². The van der Waals surface area contributed by atoms with E-state index in [2.05, 4.69) is 5.32 Å². The molecule has 0 aromatic heterocycles. The van der Waals surface area contributed by atoms with Crippen molar-refractivity contribution in [3.63, 3.8) is 0 Å². The number of ketones is 1. The first-order chi connectivity index (χ1) is 7.88. The molecule has 1 unspecified atom stereocenters. The Hall–Kier alpha value is -0.810. The van der Waals surface area contributed by atoms with Crippen molar-refractivity contribution in [1.29, 1.82) is 0 Å². The van der Waals surface area contributed by atoms with Crippen molar-refractivity contribution in [2.24, 2.45) is 5.41 Å². The first kappa shape index (κ1) is 14.3. The van der Waals surface area contributed by atoms with Crippen molar-refractivity contribution in [3.05, 3.63) is 0 Å². The van der Waals surface area contributed by atoms with Gasteiger partial charge in [-0.15, -0.1) is 0 Å². The van der Waals surface area contributed by atoms with Gasteiger partial charge in [0.2, 0.25) is 5.78 Å². The molecule has 0 aliphatic carbocycles. The zero-order chi connectivity index (χ0) is 13.1. The standard InChI is InChI=1S/C12H19NO3S/c1-4-12(2,3)9(14)10(15)16-11(17)8-6-5-7-13-8/h8,13H,4-7H2,1-3H3. The highest BCUT2D eigenvalue weighted by Gasteiger charge is 2.34. The van der Waals surface area contributed by atoms with Crippen LogP contribution in [0, 0.1) is 5.41 Å². The Morgan fingerprint density at radius 2 is 2.12 bits per heavy atom. The maximum absolute atomic E-state index is 11.8. The summed E-state index contributed by atoms with van der Waals surface area (Å²) in [5.74, 6) is -1.35. The van der Waals surface area contributed by atoms with Gasteiger partial charge in [-0.3, -0.25) is 4.79 Å². The van der Waals surface area contributed by atoms with Gasteiger partial charge in [0.15, 0.2) is 5.05 Å². The second-order valence-corrected chi connectivity index (χ2v) is 5.33. The van der Waals surface area contributed by atoms with Crippen molar-refractivity contribution in [1.82, 2.24) is 5.32 Å². The van der Waals surface area contributed by atoms with Crippen molar-refractivity contribution in [3.8, 4) is 0 Å². The Morgan fingerprint density at radius 3 is 2.59 bits per heavy atom. The number of rotatable bonds is 4. The Morgan fingerprint density at radius 1 is 1.47 bits per heavy atom. The fraction of sp³-hybridized carbons (Fsp3) is 0.750. The lowest BCUT2D eigenvalue weighted by atomic mass is 9.85. The molecule has 1 rings (SSSR count). The smallest absolute Gasteiger partial charge is 0.381 e. The van der Waals surface area contributed by atoms with E-state index in [1.54, 1.807) is 13.8 Å². The lowest BCUT2D eigenvalue weighted by molar-refractivity contribution is -0.152.